The molecule has 0 unspecified atom stereocenters. The molecule has 2 N–H and O–H groups in total. The van der Waals surface area contributed by atoms with E-state index in [1.807, 2.05) is 13.8 Å². The number of hydrogen-bond donors (Lipinski definition) is 1. The van der Waals surface area contributed by atoms with Crippen LogP contribution < -0.4 is 5.73 Å². The van der Waals surface area contributed by atoms with Crippen molar-refractivity contribution in [3.05, 3.63) is 12.2 Å². The largest absolute Gasteiger partial charge is 0.366 e. The zero-order chi connectivity index (χ0) is 7.44. The quantitative estimate of drug-likeness (QED) is 0.566. The summed E-state index contributed by atoms with van der Waals surface area (Å²) in [6.45, 7) is 7.56. The molecule has 52 valence electrons. The maximum Gasteiger partial charge on any atom is 0.244 e. The van der Waals surface area contributed by atoms with E-state index in [1.165, 1.54) is 0 Å². The van der Waals surface area contributed by atoms with Gasteiger partial charge in [-0.15, -0.1) is 0 Å². The van der Waals surface area contributed by atoms with Crippen LogP contribution in [-0.2, 0) is 4.79 Å². The van der Waals surface area contributed by atoms with E-state index in [-0.39, 0.29) is 5.91 Å². The monoisotopic (exact) mass is 127 g/mol. The molecular formula is C7H13NO. The van der Waals surface area contributed by atoms with Gasteiger partial charge in [0.15, 0.2) is 0 Å². The highest BCUT2D eigenvalue weighted by Crippen LogP contribution is 2.06. The standard InChI is InChI=1S/C7H13NO/c1-5(2)4-6(3)7(8)9/h5H,3-4H2,1-2H3,(H2,8,9). The van der Waals surface area contributed by atoms with Crippen molar-refractivity contribution < 1.29 is 4.79 Å². The molecule has 2 heteroatoms. The molecule has 0 atom stereocenters. The van der Waals surface area contributed by atoms with Crippen LogP contribution in [-0.4, -0.2) is 5.91 Å². The van der Waals surface area contributed by atoms with Crippen LogP contribution in [0.5, 0.6) is 0 Å². The second kappa shape index (κ2) is 3.28. The third kappa shape index (κ3) is 3.76. The van der Waals surface area contributed by atoms with Gasteiger partial charge < -0.3 is 5.73 Å². The molecule has 1 amide bonds. The van der Waals surface area contributed by atoms with Gasteiger partial charge in [0.25, 0.3) is 0 Å². The Morgan fingerprint density at radius 3 is 2.22 bits per heavy atom. The van der Waals surface area contributed by atoms with E-state index >= 15 is 0 Å². The SMILES string of the molecule is C=C(CC(C)C)C(N)=O. The molecule has 2 nitrogen and oxygen atoms in total. The van der Waals surface area contributed by atoms with Gasteiger partial charge in [-0.3, -0.25) is 4.79 Å². The first-order valence-corrected chi connectivity index (χ1v) is 3.01. The van der Waals surface area contributed by atoms with Gasteiger partial charge in [-0.05, 0) is 12.3 Å². The molecule has 0 aliphatic rings. The van der Waals surface area contributed by atoms with Gasteiger partial charge in [-0.1, -0.05) is 20.4 Å². The smallest absolute Gasteiger partial charge is 0.244 e. The van der Waals surface area contributed by atoms with E-state index in [0.29, 0.717) is 17.9 Å². The lowest BCUT2D eigenvalue weighted by Gasteiger charge is -2.02. The van der Waals surface area contributed by atoms with Crippen molar-refractivity contribution in [3.63, 3.8) is 0 Å². The predicted molar refractivity (Wildman–Crippen MR) is 37.8 cm³/mol. The van der Waals surface area contributed by atoms with Gasteiger partial charge in [-0.2, -0.15) is 0 Å². The number of nitrogens with two attached hydrogens (primary N) is 1. The van der Waals surface area contributed by atoms with E-state index in [4.69, 9.17) is 5.73 Å². The summed E-state index contributed by atoms with van der Waals surface area (Å²) >= 11 is 0. The highest BCUT2D eigenvalue weighted by Gasteiger charge is 2.02. The summed E-state index contributed by atoms with van der Waals surface area (Å²) in [5.74, 6) is 0.0775. The minimum Gasteiger partial charge on any atom is -0.366 e. The Balaban J connectivity index is 3.65. The highest BCUT2D eigenvalue weighted by molar-refractivity contribution is 5.91. The highest BCUT2D eigenvalue weighted by atomic mass is 16.1. The van der Waals surface area contributed by atoms with E-state index in [9.17, 15) is 4.79 Å². The van der Waals surface area contributed by atoms with Crippen molar-refractivity contribution in [1.29, 1.82) is 0 Å². The first-order valence-electron chi connectivity index (χ1n) is 3.01. The van der Waals surface area contributed by atoms with Crippen molar-refractivity contribution >= 4 is 5.91 Å². The van der Waals surface area contributed by atoms with Crippen molar-refractivity contribution in [3.8, 4) is 0 Å². The molecule has 0 saturated carbocycles. The van der Waals surface area contributed by atoms with Gasteiger partial charge >= 0.3 is 0 Å². The second-order valence-corrected chi connectivity index (χ2v) is 2.57. The van der Waals surface area contributed by atoms with Crippen molar-refractivity contribution in [1.82, 2.24) is 0 Å². The van der Waals surface area contributed by atoms with E-state index in [2.05, 4.69) is 6.58 Å². The molecule has 0 saturated heterocycles. The van der Waals surface area contributed by atoms with Crippen molar-refractivity contribution in [2.75, 3.05) is 0 Å². The van der Waals surface area contributed by atoms with Gasteiger partial charge in [0, 0.05) is 5.57 Å². The summed E-state index contributed by atoms with van der Waals surface area (Å²) in [6, 6.07) is 0. The lowest BCUT2D eigenvalue weighted by atomic mass is 10.0. The molecule has 9 heavy (non-hydrogen) atoms. The van der Waals surface area contributed by atoms with Crippen LogP contribution in [0, 0.1) is 5.92 Å². The average molecular weight is 127 g/mol. The molecule has 0 aromatic carbocycles. The maximum absolute atomic E-state index is 10.4. The number of hydrogen-bond acceptors (Lipinski definition) is 1. The molecule has 0 aliphatic heterocycles. The molecule has 0 aromatic heterocycles. The first kappa shape index (κ1) is 8.21. The molecule has 0 aliphatic carbocycles. The lowest BCUT2D eigenvalue weighted by molar-refractivity contribution is -0.114. The van der Waals surface area contributed by atoms with Gasteiger partial charge in [0.05, 0.1) is 0 Å². The van der Waals surface area contributed by atoms with Crippen LogP contribution in [0.15, 0.2) is 12.2 Å². The topological polar surface area (TPSA) is 43.1 Å². The minimum absolute atomic E-state index is 0.385. The zero-order valence-electron chi connectivity index (χ0n) is 5.98. The van der Waals surface area contributed by atoms with Crippen molar-refractivity contribution in [2.24, 2.45) is 11.7 Å². The fraction of sp³-hybridized carbons (Fsp3) is 0.571. The molecule has 0 radical (unpaired) electrons. The number of amides is 1. The van der Waals surface area contributed by atoms with E-state index in [0.717, 1.165) is 0 Å². The second-order valence-electron chi connectivity index (χ2n) is 2.57. The van der Waals surface area contributed by atoms with Gasteiger partial charge in [0.2, 0.25) is 5.91 Å². The number of rotatable bonds is 3. The number of primary amides is 1. The summed E-state index contributed by atoms with van der Waals surface area (Å²) in [7, 11) is 0. The van der Waals surface area contributed by atoms with Crippen LogP contribution in [0.2, 0.25) is 0 Å². The van der Waals surface area contributed by atoms with Crippen LogP contribution in [0.1, 0.15) is 20.3 Å². The molecule has 0 rings (SSSR count). The third-order valence-electron chi connectivity index (χ3n) is 1.00. The summed E-state index contributed by atoms with van der Waals surface area (Å²) in [5, 5.41) is 0. The maximum atomic E-state index is 10.4. The van der Waals surface area contributed by atoms with Crippen LogP contribution in [0.3, 0.4) is 0 Å². The summed E-state index contributed by atoms with van der Waals surface area (Å²) in [6.07, 6.45) is 0.704. The Labute approximate surface area is 55.7 Å². The molecule has 0 heterocycles. The van der Waals surface area contributed by atoms with Gasteiger partial charge in [-0.25, -0.2) is 0 Å². The molecule has 0 spiro atoms. The van der Waals surface area contributed by atoms with Crippen LogP contribution >= 0.6 is 0 Å². The Kier molecular flexibility index (Phi) is 2.99. The summed E-state index contributed by atoms with van der Waals surface area (Å²) in [4.78, 5) is 10.4. The van der Waals surface area contributed by atoms with Crippen LogP contribution in [0.25, 0.3) is 0 Å². The Morgan fingerprint density at radius 2 is 2.11 bits per heavy atom. The van der Waals surface area contributed by atoms with E-state index < -0.39 is 0 Å². The van der Waals surface area contributed by atoms with Gasteiger partial charge in [0.1, 0.15) is 0 Å². The normalized spacial score (nSPS) is 9.67. The Morgan fingerprint density at radius 1 is 1.67 bits per heavy atom. The fourth-order valence-corrected chi connectivity index (χ4v) is 0.593. The number of carbonyl (C=O) groups is 1. The summed E-state index contributed by atoms with van der Waals surface area (Å²) in [5.41, 5.74) is 5.46. The third-order valence-corrected chi connectivity index (χ3v) is 1.00. The zero-order valence-corrected chi connectivity index (χ0v) is 5.98. The van der Waals surface area contributed by atoms with Crippen LogP contribution in [0.4, 0.5) is 0 Å². The fourth-order valence-electron chi connectivity index (χ4n) is 0.593. The lowest BCUT2D eigenvalue weighted by Crippen LogP contribution is -2.14. The molecular weight excluding hydrogens is 114 g/mol. The molecule has 0 fully saturated rings. The van der Waals surface area contributed by atoms with E-state index in [1.54, 1.807) is 0 Å². The molecule has 0 aromatic rings. The predicted octanol–water partition coefficient (Wildman–Crippen LogP) is 1.07. The number of carbonyl (C=O) groups excluding carboxylic acids is 1. The summed E-state index contributed by atoms with van der Waals surface area (Å²) < 4.78 is 0. The first-order chi connectivity index (χ1) is 4.04. The Hall–Kier alpha value is -0.790. The molecule has 0 bridgehead atoms. The van der Waals surface area contributed by atoms with Crippen molar-refractivity contribution in [2.45, 2.75) is 20.3 Å². The minimum atomic E-state index is -0.385. The Bertz CT molecular complexity index is 127. The average Bonchev–Trinajstić information content (AvgIpc) is 1.63.